The van der Waals surface area contributed by atoms with Crippen molar-refractivity contribution in [3.8, 4) is 0 Å². The summed E-state index contributed by atoms with van der Waals surface area (Å²) in [6, 6.07) is 12.0. The molecule has 0 unspecified atom stereocenters. The lowest BCUT2D eigenvalue weighted by molar-refractivity contribution is 0.0602. The van der Waals surface area contributed by atoms with Gasteiger partial charge in [0, 0.05) is 5.69 Å². The molecule has 4 nitrogen and oxygen atoms in total. The molecule has 1 aromatic heterocycles. The van der Waals surface area contributed by atoms with E-state index >= 15 is 0 Å². The fourth-order valence-electron chi connectivity index (χ4n) is 4.98. The van der Waals surface area contributed by atoms with Crippen molar-refractivity contribution in [1.82, 2.24) is 4.57 Å². The number of methoxy groups -OCH3 is 1. The molecule has 0 saturated carbocycles. The first-order valence-corrected chi connectivity index (χ1v) is 11.4. The number of carbonyl (C=O) groups excluding carboxylic acids is 1. The summed E-state index contributed by atoms with van der Waals surface area (Å²) in [5.74, 6) is -0.424. The second-order valence-electron chi connectivity index (χ2n) is 8.55. The van der Waals surface area contributed by atoms with Gasteiger partial charge in [-0.05, 0) is 79.2 Å². The van der Waals surface area contributed by atoms with Crippen molar-refractivity contribution in [2.45, 2.75) is 65.3 Å². The summed E-state index contributed by atoms with van der Waals surface area (Å²) in [4.78, 5) is 26.6. The molecular formula is C27H31NO3. The van der Waals surface area contributed by atoms with Crippen LogP contribution in [-0.2, 0) is 30.5 Å². The Bertz CT molecular complexity index is 1180. The molecule has 0 saturated heterocycles. The number of ether oxygens (including phenoxy) is 1. The number of pyridine rings is 1. The highest BCUT2D eigenvalue weighted by Gasteiger charge is 2.26. The first-order chi connectivity index (χ1) is 15.1. The first-order valence-electron chi connectivity index (χ1n) is 11.4. The molecule has 0 bridgehead atoms. The number of fused-ring (bicyclic) bond motifs is 3. The Labute approximate surface area is 183 Å². The van der Waals surface area contributed by atoms with E-state index in [0.717, 1.165) is 61.6 Å². The van der Waals surface area contributed by atoms with Gasteiger partial charge in [-0.3, -0.25) is 4.79 Å². The second-order valence-corrected chi connectivity index (χ2v) is 8.55. The minimum atomic E-state index is -0.424. The van der Waals surface area contributed by atoms with Gasteiger partial charge in [-0.2, -0.15) is 0 Å². The maximum absolute atomic E-state index is 13.9. The third-order valence-corrected chi connectivity index (χ3v) is 6.62. The molecule has 1 aliphatic carbocycles. The van der Waals surface area contributed by atoms with Crippen LogP contribution in [0.1, 0.15) is 70.9 Å². The van der Waals surface area contributed by atoms with Gasteiger partial charge in [-0.1, -0.05) is 43.7 Å². The summed E-state index contributed by atoms with van der Waals surface area (Å²) >= 11 is 0. The Kier molecular flexibility index (Phi) is 6.26. The van der Waals surface area contributed by atoms with Gasteiger partial charge in [0.1, 0.15) is 0 Å². The maximum Gasteiger partial charge on any atom is 0.338 e. The van der Waals surface area contributed by atoms with Crippen molar-refractivity contribution >= 4 is 16.7 Å². The van der Waals surface area contributed by atoms with Crippen LogP contribution in [0.15, 0.2) is 41.2 Å². The number of unbranched alkanes of at least 4 members (excludes halogenated alkanes) is 1. The van der Waals surface area contributed by atoms with E-state index in [4.69, 9.17) is 4.74 Å². The Balaban J connectivity index is 2.09. The molecule has 4 rings (SSSR count). The molecule has 0 aliphatic heterocycles. The Morgan fingerprint density at radius 3 is 2.55 bits per heavy atom. The van der Waals surface area contributed by atoms with Crippen LogP contribution in [0.25, 0.3) is 10.8 Å². The van der Waals surface area contributed by atoms with Gasteiger partial charge >= 0.3 is 5.97 Å². The van der Waals surface area contributed by atoms with Crippen molar-refractivity contribution in [3.05, 3.63) is 80.3 Å². The highest BCUT2D eigenvalue weighted by molar-refractivity contribution is 6.07. The zero-order valence-electron chi connectivity index (χ0n) is 18.8. The molecule has 2 aromatic carbocycles. The normalized spacial score (nSPS) is 13.3. The average Bonchev–Trinajstić information content (AvgIpc) is 2.81. The molecule has 1 heterocycles. The third kappa shape index (κ3) is 3.91. The summed E-state index contributed by atoms with van der Waals surface area (Å²) < 4.78 is 6.96. The van der Waals surface area contributed by atoms with Gasteiger partial charge in [0.25, 0.3) is 5.56 Å². The van der Waals surface area contributed by atoms with Crippen molar-refractivity contribution < 1.29 is 9.53 Å². The van der Waals surface area contributed by atoms with E-state index in [1.54, 1.807) is 0 Å². The van der Waals surface area contributed by atoms with E-state index in [0.29, 0.717) is 17.5 Å². The molecule has 3 aromatic rings. The predicted molar refractivity (Wildman–Crippen MR) is 125 cm³/mol. The van der Waals surface area contributed by atoms with E-state index < -0.39 is 5.97 Å². The third-order valence-electron chi connectivity index (χ3n) is 6.62. The standard InChI is InChI=1S/C27H31NO3/c1-4-5-14-21-18(2)28(17-19-11-7-6-8-12-19)26(29)25-23(27(30)31-3)16-20-13-9-10-15-22(20)24(21)25/h6-8,11-12,16H,4-5,9-10,13-15,17H2,1-3H3. The fraction of sp³-hybridized carbons (Fsp3) is 0.407. The fourth-order valence-corrected chi connectivity index (χ4v) is 4.98. The van der Waals surface area contributed by atoms with E-state index in [1.165, 1.54) is 23.8 Å². The van der Waals surface area contributed by atoms with Gasteiger partial charge in [0.2, 0.25) is 0 Å². The summed E-state index contributed by atoms with van der Waals surface area (Å²) in [5.41, 5.74) is 6.11. The first kappa shape index (κ1) is 21.4. The number of benzene rings is 2. The molecule has 0 atom stereocenters. The van der Waals surface area contributed by atoms with Gasteiger partial charge in [0.05, 0.1) is 24.6 Å². The van der Waals surface area contributed by atoms with Crippen LogP contribution < -0.4 is 5.56 Å². The Morgan fingerprint density at radius 2 is 1.84 bits per heavy atom. The number of esters is 1. The predicted octanol–water partition coefficient (Wildman–Crippen LogP) is 5.37. The van der Waals surface area contributed by atoms with Gasteiger partial charge in [-0.15, -0.1) is 0 Å². The maximum atomic E-state index is 13.9. The lowest BCUT2D eigenvalue weighted by Crippen LogP contribution is -2.28. The van der Waals surface area contributed by atoms with Crippen LogP contribution in [0.5, 0.6) is 0 Å². The molecule has 162 valence electrons. The minimum Gasteiger partial charge on any atom is -0.465 e. The highest BCUT2D eigenvalue weighted by atomic mass is 16.5. The van der Waals surface area contributed by atoms with Crippen molar-refractivity contribution in [2.24, 2.45) is 0 Å². The van der Waals surface area contributed by atoms with E-state index in [1.807, 2.05) is 41.0 Å². The highest BCUT2D eigenvalue weighted by Crippen LogP contribution is 2.35. The van der Waals surface area contributed by atoms with Crippen LogP contribution in [0.3, 0.4) is 0 Å². The number of aryl methyl sites for hydroxylation is 3. The van der Waals surface area contributed by atoms with Crippen LogP contribution in [-0.4, -0.2) is 17.6 Å². The molecule has 0 spiro atoms. The lowest BCUT2D eigenvalue weighted by Gasteiger charge is -2.25. The quantitative estimate of drug-likeness (QED) is 0.507. The Hall–Kier alpha value is -2.88. The molecule has 4 heteroatoms. The summed E-state index contributed by atoms with van der Waals surface area (Å²) in [6.07, 6.45) is 7.20. The van der Waals surface area contributed by atoms with Crippen LogP contribution >= 0.6 is 0 Å². The summed E-state index contributed by atoms with van der Waals surface area (Å²) in [5, 5.41) is 1.57. The molecule has 1 aliphatic rings. The number of rotatable bonds is 6. The molecule has 0 radical (unpaired) electrons. The topological polar surface area (TPSA) is 48.3 Å². The SMILES string of the molecule is CCCCc1c(C)n(Cc2ccccc2)c(=O)c2c(C(=O)OC)cc3c(c12)CCCC3. The average molecular weight is 418 g/mol. The lowest BCUT2D eigenvalue weighted by atomic mass is 9.83. The van der Waals surface area contributed by atoms with Crippen LogP contribution in [0, 0.1) is 6.92 Å². The zero-order valence-corrected chi connectivity index (χ0v) is 18.8. The van der Waals surface area contributed by atoms with Gasteiger partial charge < -0.3 is 9.30 Å². The van der Waals surface area contributed by atoms with E-state index in [2.05, 4.69) is 13.8 Å². The number of hydrogen-bond acceptors (Lipinski definition) is 3. The monoisotopic (exact) mass is 417 g/mol. The number of hydrogen-bond donors (Lipinski definition) is 0. The van der Waals surface area contributed by atoms with Gasteiger partial charge in [0.15, 0.2) is 0 Å². The smallest absolute Gasteiger partial charge is 0.338 e. The van der Waals surface area contributed by atoms with E-state index in [-0.39, 0.29) is 5.56 Å². The number of carbonyl (C=O) groups is 1. The number of nitrogens with zero attached hydrogens (tertiary/aromatic N) is 1. The van der Waals surface area contributed by atoms with Crippen molar-refractivity contribution in [2.75, 3.05) is 7.11 Å². The molecule has 0 N–H and O–H groups in total. The summed E-state index contributed by atoms with van der Waals surface area (Å²) in [6.45, 7) is 4.75. The second kappa shape index (κ2) is 9.09. The van der Waals surface area contributed by atoms with E-state index in [9.17, 15) is 9.59 Å². The van der Waals surface area contributed by atoms with Crippen LogP contribution in [0.2, 0.25) is 0 Å². The number of aromatic nitrogens is 1. The largest absolute Gasteiger partial charge is 0.465 e. The minimum absolute atomic E-state index is 0.0922. The van der Waals surface area contributed by atoms with Gasteiger partial charge in [-0.25, -0.2) is 4.79 Å². The molecular weight excluding hydrogens is 386 g/mol. The van der Waals surface area contributed by atoms with Crippen molar-refractivity contribution in [1.29, 1.82) is 0 Å². The van der Waals surface area contributed by atoms with Crippen LogP contribution in [0.4, 0.5) is 0 Å². The molecule has 0 fully saturated rings. The molecule has 0 amide bonds. The summed E-state index contributed by atoms with van der Waals surface area (Å²) in [7, 11) is 1.39. The van der Waals surface area contributed by atoms with Crippen molar-refractivity contribution in [3.63, 3.8) is 0 Å². The molecule has 31 heavy (non-hydrogen) atoms. The zero-order chi connectivity index (χ0) is 22.0. The Morgan fingerprint density at radius 1 is 1.10 bits per heavy atom.